The number of carbonyl (C=O) groups excluding carboxylic acids is 2. The Labute approximate surface area is 173 Å². The Morgan fingerprint density at radius 1 is 1.10 bits per heavy atom. The molecule has 0 saturated heterocycles. The summed E-state index contributed by atoms with van der Waals surface area (Å²) in [4.78, 5) is 27.9. The second-order valence-electron chi connectivity index (χ2n) is 6.95. The highest BCUT2D eigenvalue weighted by Gasteiger charge is 2.30. The molecule has 2 aromatic carbocycles. The van der Waals surface area contributed by atoms with Gasteiger partial charge in [-0.25, -0.2) is 4.79 Å². The van der Waals surface area contributed by atoms with E-state index in [0.717, 1.165) is 13.0 Å². The molecular weight excluding hydrogens is 384 g/mol. The lowest BCUT2D eigenvalue weighted by Crippen LogP contribution is -2.40. The van der Waals surface area contributed by atoms with E-state index in [-0.39, 0.29) is 11.9 Å². The van der Waals surface area contributed by atoms with Crippen LogP contribution in [0.15, 0.2) is 66.0 Å². The molecule has 1 aliphatic rings. The normalized spacial score (nSPS) is 16.1. The van der Waals surface area contributed by atoms with Crippen LogP contribution in [0.25, 0.3) is 0 Å². The van der Waals surface area contributed by atoms with Crippen molar-refractivity contribution in [3.63, 3.8) is 0 Å². The summed E-state index contributed by atoms with van der Waals surface area (Å²) < 4.78 is 4.70. The number of thiophene rings is 1. The monoisotopic (exact) mass is 406 g/mol. The largest absolute Gasteiger partial charge is 0.465 e. The minimum Gasteiger partial charge on any atom is -0.465 e. The lowest BCUT2D eigenvalue weighted by molar-refractivity contribution is -0.117. The van der Waals surface area contributed by atoms with Crippen LogP contribution in [-0.2, 0) is 16.0 Å². The van der Waals surface area contributed by atoms with E-state index in [1.165, 1.54) is 23.1 Å². The number of esters is 1. The van der Waals surface area contributed by atoms with Crippen LogP contribution in [0.2, 0.25) is 0 Å². The first kappa shape index (κ1) is 19.4. The number of nitrogens with zero attached hydrogens (tertiary/aromatic N) is 1. The molecule has 0 fully saturated rings. The molecule has 1 N–H and O–H groups in total. The second-order valence-corrected chi connectivity index (χ2v) is 7.95. The molecule has 0 aliphatic carbocycles. The van der Waals surface area contributed by atoms with Crippen molar-refractivity contribution in [2.45, 2.75) is 12.5 Å². The molecule has 0 saturated carbocycles. The number of fused-ring (bicyclic) bond motifs is 1. The molecule has 4 rings (SSSR count). The predicted octanol–water partition coefficient (Wildman–Crippen LogP) is 4.12. The zero-order valence-corrected chi connectivity index (χ0v) is 16.9. The lowest BCUT2D eigenvalue weighted by atomic mass is 9.93. The van der Waals surface area contributed by atoms with Gasteiger partial charge >= 0.3 is 5.97 Å². The first-order valence-electron chi connectivity index (χ1n) is 9.49. The molecule has 2 heterocycles. The number of anilines is 1. The Balaban J connectivity index is 1.49. The minimum absolute atomic E-state index is 0.0737. The van der Waals surface area contributed by atoms with E-state index in [1.807, 2.05) is 18.2 Å². The topological polar surface area (TPSA) is 58.6 Å². The van der Waals surface area contributed by atoms with Gasteiger partial charge in [0.05, 0.1) is 25.3 Å². The summed E-state index contributed by atoms with van der Waals surface area (Å²) in [5.41, 5.74) is 3.60. The highest BCUT2D eigenvalue weighted by Crippen LogP contribution is 2.37. The van der Waals surface area contributed by atoms with Gasteiger partial charge in [-0.1, -0.05) is 30.3 Å². The van der Waals surface area contributed by atoms with E-state index >= 15 is 0 Å². The van der Waals surface area contributed by atoms with Gasteiger partial charge in [0.15, 0.2) is 0 Å². The summed E-state index contributed by atoms with van der Waals surface area (Å²) in [7, 11) is 1.35. The zero-order chi connectivity index (χ0) is 20.2. The van der Waals surface area contributed by atoms with Gasteiger partial charge < -0.3 is 10.1 Å². The smallest absolute Gasteiger partial charge is 0.337 e. The van der Waals surface area contributed by atoms with Gasteiger partial charge in [0.2, 0.25) is 5.91 Å². The number of carbonyl (C=O) groups is 2. The standard InChI is InChI=1S/C23H22N2O3S/c1-28-23(27)17-7-9-18(10-8-17)24-21(26)15-25-13-11-20-19(12-14-29-20)22(25)16-5-3-2-4-6-16/h2-10,12,14,22H,11,13,15H2,1H3,(H,24,26)/t22-/m0/s1. The van der Waals surface area contributed by atoms with Crippen LogP contribution in [0, 0.1) is 0 Å². The highest BCUT2D eigenvalue weighted by molar-refractivity contribution is 7.10. The molecule has 1 aromatic heterocycles. The molecule has 0 spiro atoms. The van der Waals surface area contributed by atoms with Crippen molar-refractivity contribution in [2.75, 3.05) is 25.5 Å². The van der Waals surface area contributed by atoms with Gasteiger partial charge in [-0.2, -0.15) is 0 Å². The van der Waals surface area contributed by atoms with E-state index in [1.54, 1.807) is 35.6 Å². The first-order valence-corrected chi connectivity index (χ1v) is 10.4. The fourth-order valence-corrected chi connectivity index (χ4v) is 4.66. The number of benzene rings is 2. The number of hydrogen-bond acceptors (Lipinski definition) is 5. The maximum absolute atomic E-state index is 12.7. The average Bonchev–Trinajstić information content (AvgIpc) is 3.23. The third kappa shape index (κ3) is 4.23. The van der Waals surface area contributed by atoms with E-state index in [4.69, 9.17) is 4.74 Å². The number of ether oxygens (including phenoxy) is 1. The van der Waals surface area contributed by atoms with Crippen LogP contribution in [0.3, 0.4) is 0 Å². The molecule has 0 unspecified atom stereocenters. The lowest BCUT2D eigenvalue weighted by Gasteiger charge is -2.35. The maximum Gasteiger partial charge on any atom is 0.337 e. The number of hydrogen-bond donors (Lipinski definition) is 1. The molecular formula is C23H22N2O3S. The Kier molecular flexibility index (Phi) is 5.74. The Morgan fingerprint density at radius 3 is 2.59 bits per heavy atom. The Morgan fingerprint density at radius 2 is 1.86 bits per heavy atom. The van der Waals surface area contributed by atoms with Crippen molar-refractivity contribution in [3.05, 3.63) is 87.6 Å². The average molecular weight is 407 g/mol. The number of methoxy groups -OCH3 is 1. The predicted molar refractivity (Wildman–Crippen MR) is 114 cm³/mol. The van der Waals surface area contributed by atoms with E-state index in [9.17, 15) is 9.59 Å². The van der Waals surface area contributed by atoms with Gasteiger partial charge in [-0.3, -0.25) is 9.69 Å². The van der Waals surface area contributed by atoms with Crippen LogP contribution in [0.5, 0.6) is 0 Å². The Hall–Kier alpha value is -2.96. The molecule has 1 atom stereocenters. The van der Waals surface area contributed by atoms with Crippen LogP contribution in [-0.4, -0.2) is 37.0 Å². The molecule has 6 heteroatoms. The minimum atomic E-state index is -0.395. The molecule has 0 radical (unpaired) electrons. The van der Waals surface area contributed by atoms with Crippen LogP contribution < -0.4 is 5.32 Å². The number of amides is 1. The fourth-order valence-electron chi connectivity index (χ4n) is 3.76. The van der Waals surface area contributed by atoms with Crippen molar-refractivity contribution in [3.8, 4) is 0 Å². The number of nitrogens with one attached hydrogen (secondary N) is 1. The van der Waals surface area contributed by atoms with E-state index in [2.05, 4.69) is 33.8 Å². The summed E-state index contributed by atoms with van der Waals surface area (Å²) in [6.07, 6.45) is 0.956. The van der Waals surface area contributed by atoms with Gasteiger partial charge in [-0.15, -0.1) is 11.3 Å². The van der Waals surface area contributed by atoms with Crippen molar-refractivity contribution in [2.24, 2.45) is 0 Å². The molecule has 148 valence electrons. The molecule has 0 bridgehead atoms. The van der Waals surface area contributed by atoms with Gasteiger partial charge in [0.1, 0.15) is 0 Å². The van der Waals surface area contributed by atoms with Gasteiger partial charge in [0.25, 0.3) is 0 Å². The van der Waals surface area contributed by atoms with E-state index < -0.39 is 5.97 Å². The summed E-state index contributed by atoms with van der Waals surface area (Å²) in [5, 5.41) is 5.07. The molecule has 5 nitrogen and oxygen atoms in total. The van der Waals surface area contributed by atoms with Gasteiger partial charge in [0, 0.05) is 17.1 Å². The van der Waals surface area contributed by atoms with Crippen molar-refractivity contribution >= 4 is 28.9 Å². The van der Waals surface area contributed by atoms with Gasteiger partial charge in [-0.05, 0) is 53.3 Å². The SMILES string of the molecule is COC(=O)c1ccc(NC(=O)CN2CCc3sccc3[C@@H]2c2ccccc2)cc1. The Bertz CT molecular complexity index is 998. The van der Waals surface area contributed by atoms with Crippen molar-refractivity contribution < 1.29 is 14.3 Å². The van der Waals surface area contributed by atoms with Crippen molar-refractivity contribution in [1.82, 2.24) is 4.90 Å². The summed E-state index contributed by atoms with van der Waals surface area (Å²) >= 11 is 1.79. The fraction of sp³-hybridized carbons (Fsp3) is 0.217. The summed E-state index contributed by atoms with van der Waals surface area (Å²) in [6.45, 7) is 1.13. The van der Waals surface area contributed by atoms with Crippen LogP contribution >= 0.6 is 11.3 Å². The third-order valence-electron chi connectivity index (χ3n) is 5.12. The molecule has 1 amide bonds. The molecule has 29 heavy (non-hydrogen) atoms. The van der Waals surface area contributed by atoms with Crippen LogP contribution in [0.4, 0.5) is 5.69 Å². The molecule has 1 aliphatic heterocycles. The second kappa shape index (κ2) is 8.59. The maximum atomic E-state index is 12.7. The van der Waals surface area contributed by atoms with E-state index in [0.29, 0.717) is 17.8 Å². The third-order valence-corrected chi connectivity index (χ3v) is 6.11. The summed E-state index contributed by atoms with van der Waals surface area (Å²) in [5.74, 6) is -0.469. The summed E-state index contributed by atoms with van der Waals surface area (Å²) in [6, 6.07) is 19.3. The van der Waals surface area contributed by atoms with Crippen LogP contribution in [0.1, 0.15) is 32.4 Å². The quantitative estimate of drug-likeness (QED) is 0.648. The van der Waals surface area contributed by atoms with Crippen molar-refractivity contribution in [1.29, 1.82) is 0 Å². The molecule has 3 aromatic rings. The highest BCUT2D eigenvalue weighted by atomic mass is 32.1. The first-order chi connectivity index (χ1) is 14.2. The number of rotatable bonds is 5. The zero-order valence-electron chi connectivity index (χ0n) is 16.1.